The van der Waals surface area contributed by atoms with E-state index in [-0.39, 0.29) is 7.43 Å². The van der Waals surface area contributed by atoms with E-state index in [0.29, 0.717) is 0 Å². The summed E-state index contributed by atoms with van der Waals surface area (Å²) in [4.78, 5) is 6.58. The molecule has 10 heavy (non-hydrogen) atoms. The van der Waals surface area contributed by atoms with E-state index >= 15 is 0 Å². The van der Waals surface area contributed by atoms with Crippen molar-refractivity contribution in [1.29, 1.82) is 0 Å². The van der Waals surface area contributed by atoms with Gasteiger partial charge in [-0.05, 0) is 21.1 Å². The lowest BCUT2D eigenvalue weighted by molar-refractivity contribution is -0.0855. The molecule has 0 aliphatic carbocycles. The third kappa shape index (κ3) is 106. The van der Waals surface area contributed by atoms with Gasteiger partial charge in [-0.1, -0.05) is 7.43 Å². The van der Waals surface area contributed by atoms with Crippen LogP contribution < -0.4 is 0 Å². The van der Waals surface area contributed by atoms with E-state index in [1.54, 1.807) is 12.2 Å². The summed E-state index contributed by atoms with van der Waals surface area (Å²) in [7, 11) is 11.3. The molecule has 0 saturated carbocycles. The smallest absolute Gasteiger partial charge is 0.0574 e. The summed E-state index contributed by atoms with van der Waals surface area (Å²) >= 11 is 0. The molecule has 0 bridgehead atoms. The number of hydroxylamine groups is 2. The average Bonchev–Trinajstić information content (AvgIpc) is 1.65. The van der Waals surface area contributed by atoms with E-state index < -0.39 is 0 Å². The van der Waals surface area contributed by atoms with Crippen LogP contribution in [0.15, 0.2) is 0 Å². The Morgan fingerprint density at radius 1 is 0.900 bits per heavy atom. The van der Waals surface area contributed by atoms with Crippen LogP contribution in [0.5, 0.6) is 0 Å². The Kier molecular flexibility index (Phi) is 19.2. The van der Waals surface area contributed by atoms with Crippen LogP contribution in [0.25, 0.3) is 0 Å². The highest BCUT2D eigenvalue weighted by Crippen LogP contribution is 1.64. The van der Waals surface area contributed by atoms with Crippen LogP contribution in [0.2, 0.25) is 0 Å². The van der Waals surface area contributed by atoms with Crippen LogP contribution in [0.3, 0.4) is 0 Å². The molecule has 0 aromatic rings. The molecule has 0 rings (SSSR count). The minimum Gasteiger partial charge on any atom is -0.312 e. The van der Waals surface area contributed by atoms with Gasteiger partial charge in [-0.25, -0.2) is 0 Å². The summed E-state index contributed by atoms with van der Waals surface area (Å²) < 4.78 is 0. The van der Waals surface area contributed by atoms with Crippen molar-refractivity contribution in [3.8, 4) is 0 Å². The Hall–Kier alpha value is -0.120. The van der Waals surface area contributed by atoms with Gasteiger partial charge in [0.2, 0.25) is 0 Å². The lowest BCUT2D eigenvalue weighted by Crippen LogP contribution is -2.07. The van der Waals surface area contributed by atoms with Gasteiger partial charge in [0.05, 0.1) is 7.11 Å². The molecule has 0 saturated heterocycles. The zero-order valence-electron chi connectivity index (χ0n) is 7.30. The summed E-state index contributed by atoms with van der Waals surface area (Å²) in [6, 6.07) is 0. The fourth-order valence-corrected chi connectivity index (χ4v) is 0. The van der Waals surface area contributed by atoms with Gasteiger partial charge in [0.15, 0.2) is 0 Å². The molecule has 0 aliphatic heterocycles. The first-order valence-electron chi connectivity index (χ1n) is 2.83. The molecule has 0 fully saturated rings. The summed E-state index contributed by atoms with van der Waals surface area (Å²) in [6.45, 7) is 0. The minimum atomic E-state index is 0. The predicted molar refractivity (Wildman–Crippen MR) is 47.0 cm³/mol. The minimum absolute atomic E-state index is 0. The van der Waals surface area contributed by atoms with E-state index in [4.69, 9.17) is 0 Å². The molecule has 0 atom stereocenters. The van der Waals surface area contributed by atoms with Crippen LogP contribution in [0.4, 0.5) is 0 Å². The molecular weight excluding hydrogens is 128 g/mol. The summed E-state index contributed by atoms with van der Waals surface area (Å²) in [5, 5.41) is 1.62. The Morgan fingerprint density at radius 3 is 1.00 bits per heavy atom. The van der Waals surface area contributed by atoms with Crippen LogP contribution in [-0.2, 0) is 4.84 Å². The molecule has 0 heterocycles. The Labute approximate surface area is 65.5 Å². The van der Waals surface area contributed by atoms with Crippen LogP contribution in [0.1, 0.15) is 7.43 Å². The molecule has 0 amide bonds. The molecule has 0 unspecified atom stereocenters. The van der Waals surface area contributed by atoms with Crippen molar-refractivity contribution in [3.05, 3.63) is 0 Å². The maximum Gasteiger partial charge on any atom is 0.0574 e. The molecule has 66 valence electrons. The number of rotatable bonds is 1. The lowest BCUT2D eigenvalue weighted by atomic mass is 11.0. The maximum absolute atomic E-state index is 4.58. The van der Waals surface area contributed by atoms with Crippen molar-refractivity contribution < 1.29 is 4.84 Å². The topological polar surface area (TPSA) is 15.7 Å². The van der Waals surface area contributed by atoms with Gasteiger partial charge in [-0.2, -0.15) is 5.06 Å². The second-order valence-electron chi connectivity index (χ2n) is 2.34. The lowest BCUT2D eigenvalue weighted by Gasteiger charge is -2.01. The van der Waals surface area contributed by atoms with Crippen molar-refractivity contribution in [2.24, 2.45) is 0 Å². The molecule has 3 heteroatoms. The molecule has 0 N–H and O–H groups in total. The largest absolute Gasteiger partial charge is 0.312 e. The van der Waals surface area contributed by atoms with Crippen LogP contribution in [-0.4, -0.2) is 52.3 Å². The molecule has 3 nitrogen and oxygen atoms in total. The van der Waals surface area contributed by atoms with Crippen molar-refractivity contribution in [2.75, 3.05) is 42.3 Å². The highest BCUT2D eigenvalue weighted by atomic mass is 16.7. The van der Waals surface area contributed by atoms with Crippen molar-refractivity contribution >= 4 is 0 Å². The fourth-order valence-electron chi connectivity index (χ4n) is 0. The van der Waals surface area contributed by atoms with E-state index in [1.807, 2.05) is 40.1 Å². The van der Waals surface area contributed by atoms with Gasteiger partial charge >= 0.3 is 0 Å². The number of hydrogen-bond donors (Lipinski definition) is 0. The van der Waals surface area contributed by atoms with Crippen molar-refractivity contribution in [2.45, 2.75) is 7.43 Å². The van der Waals surface area contributed by atoms with E-state index in [9.17, 15) is 0 Å². The van der Waals surface area contributed by atoms with E-state index in [0.717, 1.165) is 0 Å². The first-order valence-corrected chi connectivity index (χ1v) is 2.83. The highest BCUT2D eigenvalue weighted by molar-refractivity contribution is 4.09. The summed E-state index contributed by atoms with van der Waals surface area (Å²) in [5.74, 6) is 0. The predicted octanol–water partition coefficient (Wildman–Crippen LogP) is 0.923. The molecule has 0 aromatic carbocycles. The van der Waals surface area contributed by atoms with E-state index in [1.165, 1.54) is 0 Å². The third-order valence-electron chi connectivity index (χ3n) is 0.365. The first kappa shape index (κ1) is 16.5. The second kappa shape index (κ2) is 11.6. The Morgan fingerprint density at radius 2 is 1.00 bits per heavy atom. The summed E-state index contributed by atoms with van der Waals surface area (Å²) in [6.07, 6.45) is 0. The van der Waals surface area contributed by atoms with E-state index in [2.05, 4.69) is 4.84 Å². The molecular formula is C7H22N2O. The van der Waals surface area contributed by atoms with Gasteiger partial charge in [-0.3, -0.25) is 0 Å². The number of nitrogens with zero attached hydrogens (tertiary/aromatic N) is 2. The average molecular weight is 150 g/mol. The third-order valence-corrected chi connectivity index (χ3v) is 0.365. The quantitative estimate of drug-likeness (QED) is 0.517. The zero-order valence-corrected chi connectivity index (χ0v) is 7.30. The van der Waals surface area contributed by atoms with Crippen molar-refractivity contribution in [1.82, 2.24) is 9.96 Å². The summed E-state index contributed by atoms with van der Waals surface area (Å²) in [5.41, 5.74) is 0. The Bertz CT molecular complexity index is 44.1. The van der Waals surface area contributed by atoms with Gasteiger partial charge in [0.25, 0.3) is 0 Å². The van der Waals surface area contributed by atoms with Crippen LogP contribution >= 0.6 is 0 Å². The number of hydrogen-bond acceptors (Lipinski definition) is 3. The van der Waals surface area contributed by atoms with Crippen molar-refractivity contribution in [3.63, 3.8) is 0 Å². The molecule has 0 spiro atoms. The second-order valence-corrected chi connectivity index (χ2v) is 2.34. The molecule has 0 aromatic heterocycles. The maximum atomic E-state index is 4.58. The van der Waals surface area contributed by atoms with Gasteiger partial charge in [0, 0.05) is 14.1 Å². The monoisotopic (exact) mass is 150 g/mol. The fraction of sp³-hybridized carbons (Fsp3) is 1.00. The normalized spacial score (nSPS) is 8.40. The zero-order chi connectivity index (χ0) is 7.86. The molecule has 0 aliphatic rings. The SMILES string of the molecule is C.CN(C)C.CON(C)C. The first-order chi connectivity index (χ1) is 4.00. The van der Waals surface area contributed by atoms with Gasteiger partial charge < -0.3 is 9.74 Å². The van der Waals surface area contributed by atoms with Gasteiger partial charge in [0.1, 0.15) is 0 Å². The van der Waals surface area contributed by atoms with Gasteiger partial charge in [-0.15, -0.1) is 0 Å². The highest BCUT2D eigenvalue weighted by Gasteiger charge is 1.70. The Balaban J connectivity index is -0.0000000910. The standard InChI is InChI=1S/C3H9NO.C3H9N.CH4/c1-4(2)5-3;1-4(2)3;/h1-3H3;1-3H3;1H4. The molecule has 0 radical (unpaired) electrons. The van der Waals surface area contributed by atoms with Crippen LogP contribution in [0, 0.1) is 0 Å².